The molecule has 0 saturated carbocycles. The third-order valence-corrected chi connectivity index (χ3v) is 2.96. The van der Waals surface area contributed by atoms with E-state index in [9.17, 15) is 9.59 Å². The van der Waals surface area contributed by atoms with Crippen molar-refractivity contribution < 1.29 is 14.7 Å². The van der Waals surface area contributed by atoms with Crippen LogP contribution in [0.3, 0.4) is 0 Å². The van der Waals surface area contributed by atoms with Gasteiger partial charge < -0.3 is 10.4 Å². The van der Waals surface area contributed by atoms with Crippen molar-refractivity contribution in [2.75, 3.05) is 6.54 Å². The van der Waals surface area contributed by atoms with Crippen LogP contribution in [0.2, 0.25) is 0 Å². The summed E-state index contributed by atoms with van der Waals surface area (Å²) in [7, 11) is 0. The number of hydrogen-bond donors (Lipinski definition) is 2. The molecule has 112 valence electrons. The molecule has 0 aliphatic heterocycles. The largest absolute Gasteiger partial charge is 0.481 e. The van der Waals surface area contributed by atoms with Gasteiger partial charge in [-0.15, -0.1) is 5.10 Å². The van der Waals surface area contributed by atoms with Crippen LogP contribution < -0.4 is 5.32 Å². The van der Waals surface area contributed by atoms with Gasteiger partial charge in [0.2, 0.25) is 5.82 Å². The zero-order chi connectivity index (χ0) is 15.6. The number of aromatic nitrogens is 4. The molecule has 1 amide bonds. The minimum absolute atomic E-state index is 0.00126. The van der Waals surface area contributed by atoms with E-state index in [0.29, 0.717) is 5.78 Å². The van der Waals surface area contributed by atoms with Crippen LogP contribution in [-0.4, -0.2) is 43.1 Å². The predicted molar refractivity (Wildman–Crippen MR) is 74.0 cm³/mol. The van der Waals surface area contributed by atoms with Crippen LogP contribution in [0.1, 0.15) is 35.4 Å². The van der Waals surface area contributed by atoms with Crippen molar-refractivity contribution in [1.82, 2.24) is 24.9 Å². The van der Waals surface area contributed by atoms with E-state index < -0.39 is 11.9 Å². The lowest BCUT2D eigenvalue weighted by Crippen LogP contribution is -2.30. The zero-order valence-corrected chi connectivity index (χ0v) is 12.1. The Morgan fingerprint density at radius 3 is 2.76 bits per heavy atom. The normalized spacial score (nSPS) is 12.3. The number of carboxylic acids is 1. The van der Waals surface area contributed by atoms with Gasteiger partial charge in [-0.05, 0) is 25.8 Å². The Kier molecular flexibility index (Phi) is 4.15. The number of nitrogens with one attached hydrogen (secondary N) is 1. The van der Waals surface area contributed by atoms with Crippen molar-refractivity contribution in [2.45, 2.75) is 27.2 Å². The Balaban J connectivity index is 2.09. The number of hydrogen-bond acceptors (Lipinski definition) is 5. The Labute approximate surface area is 121 Å². The number of carboxylic acid groups (broad SMARTS) is 1. The molecule has 2 aromatic rings. The summed E-state index contributed by atoms with van der Waals surface area (Å²) in [6, 6.07) is 1.85. The van der Waals surface area contributed by atoms with Gasteiger partial charge in [0, 0.05) is 24.4 Å². The molecule has 21 heavy (non-hydrogen) atoms. The quantitative estimate of drug-likeness (QED) is 0.834. The van der Waals surface area contributed by atoms with E-state index in [0.717, 1.165) is 11.4 Å². The van der Waals surface area contributed by atoms with E-state index in [-0.39, 0.29) is 24.7 Å². The van der Waals surface area contributed by atoms with Crippen molar-refractivity contribution in [2.24, 2.45) is 5.92 Å². The van der Waals surface area contributed by atoms with Crippen LogP contribution in [-0.2, 0) is 4.79 Å². The predicted octanol–water partition coefficient (Wildman–Crippen LogP) is 0.582. The smallest absolute Gasteiger partial charge is 0.303 e. The molecule has 0 fully saturated rings. The molecule has 0 saturated heterocycles. The van der Waals surface area contributed by atoms with E-state index in [1.165, 1.54) is 4.52 Å². The standard InChI is InChI=1S/C13H17N5O3/c1-7(4-10(19)20)6-14-12(21)11-16-13-15-8(2)5-9(3)18(13)17-11/h5,7H,4,6H2,1-3H3,(H,14,21)(H,19,20). The summed E-state index contributed by atoms with van der Waals surface area (Å²) < 4.78 is 1.50. The van der Waals surface area contributed by atoms with Crippen molar-refractivity contribution in [3.05, 3.63) is 23.3 Å². The molecule has 0 aromatic carbocycles. The monoisotopic (exact) mass is 291 g/mol. The van der Waals surface area contributed by atoms with Crippen LogP contribution >= 0.6 is 0 Å². The van der Waals surface area contributed by atoms with E-state index in [1.54, 1.807) is 6.92 Å². The molecule has 0 radical (unpaired) electrons. The van der Waals surface area contributed by atoms with E-state index in [1.807, 2.05) is 19.9 Å². The molecule has 8 heteroatoms. The van der Waals surface area contributed by atoms with Crippen molar-refractivity contribution in [3.8, 4) is 0 Å². The van der Waals surface area contributed by atoms with Gasteiger partial charge in [0.25, 0.3) is 11.7 Å². The highest BCUT2D eigenvalue weighted by Crippen LogP contribution is 2.06. The lowest BCUT2D eigenvalue weighted by Gasteiger charge is -2.08. The third-order valence-electron chi connectivity index (χ3n) is 2.96. The molecule has 1 unspecified atom stereocenters. The summed E-state index contributed by atoms with van der Waals surface area (Å²) in [6.45, 7) is 5.70. The third kappa shape index (κ3) is 3.53. The fraction of sp³-hybridized carbons (Fsp3) is 0.462. The lowest BCUT2D eigenvalue weighted by molar-refractivity contribution is -0.137. The van der Waals surface area contributed by atoms with Crippen LogP contribution in [0.25, 0.3) is 5.78 Å². The molecule has 2 heterocycles. The summed E-state index contributed by atoms with van der Waals surface area (Å²) in [5.41, 5.74) is 1.64. The number of amides is 1. The summed E-state index contributed by atoms with van der Waals surface area (Å²) in [6.07, 6.45) is -0.00126. The van der Waals surface area contributed by atoms with Crippen molar-refractivity contribution >= 4 is 17.7 Å². The average molecular weight is 291 g/mol. The molecular weight excluding hydrogens is 274 g/mol. The van der Waals surface area contributed by atoms with Crippen molar-refractivity contribution in [1.29, 1.82) is 0 Å². The first-order chi connectivity index (χ1) is 9.86. The molecule has 0 aliphatic carbocycles. The van der Waals surface area contributed by atoms with Crippen LogP contribution in [0, 0.1) is 19.8 Å². The topological polar surface area (TPSA) is 109 Å². The van der Waals surface area contributed by atoms with Crippen molar-refractivity contribution in [3.63, 3.8) is 0 Å². The Hall–Kier alpha value is -2.51. The highest BCUT2D eigenvalue weighted by molar-refractivity contribution is 5.90. The maximum absolute atomic E-state index is 12.0. The van der Waals surface area contributed by atoms with E-state index >= 15 is 0 Å². The maximum Gasteiger partial charge on any atom is 0.303 e. The first-order valence-corrected chi connectivity index (χ1v) is 6.58. The summed E-state index contributed by atoms with van der Waals surface area (Å²) in [4.78, 5) is 30.8. The van der Waals surface area contributed by atoms with Crippen LogP contribution in [0.4, 0.5) is 0 Å². The highest BCUT2D eigenvalue weighted by atomic mass is 16.4. The van der Waals surface area contributed by atoms with Gasteiger partial charge in [0.1, 0.15) is 0 Å². The number of fused-ring (bicyclic) bond motifs is 1. The second-order valence-corrected chi connectivity index (χ2v) is 5.10. The number of carbonyl (C=O) groups is 2. The maximum atomic E-state index is 12.0. The van der Waals surface area contributed by atoms with Crippen LogP contribution in [0.15, 0.2) is 6.07 Å². The van der Waals surface area contributed by atoms with Gasteiger partial charge in [-0.3, -0.25) is 9.59 Å². The first-order valence-electron chi connectivity index (χ1n) is 6.58. The second kappa shape index (κ2) is 5.86. The van der Waals surface area contributed by atoms with Crippen LogP contribution in [0.5, 0.6) is 0 Å². The van der Waals surface area contributed by atoms with E-state index in [4.69, 9.17) is 5.11 Å². The fourth-order valence-electron chi connectivity index (χ4n) is 1.98. The molecule has 1 atom stereocenters. The molecular formula is C13H17N5O3. The summed E-state index contributed by atoms with van der Waals surface area (Å²) >= 11 is 0. The summed E-state index contributed by atoms with van der Waals surface area (Å²) in [5.74, 6) is -1.09. The molecule has 0 aliphatic rings. The van der Waals surface area contributed by atoms with Gasteiger partial charge in [-0.1, -0.05) is 6.92 Å². The van der Waals surface area contributed by atoms with Gasteiger partial charge in [-0.25, -0.2) is 9.50 Å². The Bertz CT molecular complexity index is 694. The molecule has 2 aromatic heterocycles. The Morgan fingerprint density at radius 2 is 2.10 bits per heavy atom. The number of carbonyl (C=O) groups excluding carboxylic acids is 1. The number of rotatable bonds is 5. The van der Waals surface area contributed by atoms with Gasteiger partial charge in [0.15, 0.2) is 0 Å². The fourth-order valence-corrected chi connectivity index (χ4v) is 1.98. The second-order valence-electron chi connectivity index (χ2n) is 5.10. The molecule has 2 rings (SSSR count). The molecule has 2 N–H and O–H groups in total. The lowest BCUT2D eigenvalue weighted by atomic mass is 10.1. The first kappa shape index (κ1) is 14.9. The summed E-state index contributed by atoms with van der Waals surface area (Å²) in [5, 5.41) is 15.4. The molecule has 0 spiro atoms. The minimum Gasteiger partial charge on any atom is -0.481 e. The SMILES string of the molecule is Cc1cc(C)n2nc(C(=O)NCC(C)CC(=O)O)nc2n1. The minimum atomic E-state index is -0.891. The zero-order valence-electron chi connectivity index (χ0n) is 12.1. The Morgan fingerprint density at radius 1 is 1.38 bits per heavy atom. The highest BCUT2D eigenvalue weighted by Gasteiger charge is 2.16. The van der Waals surface area contributed by atoms with E-state index in [2.05, 4.69) is 20.4 Å². The number of aryl methyl sites for hydroxylation is 2. The van der Waals surface area contributed by atoms with Gasteiger partial charge in [-0.2, -0.15) is 4.98 Å². The van der Waals surface area contributed by atoms with Gasteiger partial charge in [0.05, 0.1) is 0 Å². The van der Waals surface area contributed by atoms with Gasteiger partial charge >= 0.3 is 5.97 Å². The average Bonchev–Trinajstić information content (AvgIpc) is 2.79. The number of aliphatic carboxylic acids is 1. The molecule has 8 nitrogen and oxygen atoms in total. The number of nitrogens with zero attached hydrogens (tertiary/aromatic N) is 4. The molecule has 0 bridgehead atoms.